The maximum Gasteiger partial charge on any atom is 0.136 e. The van der Waals surface area contributed by atoms with Crippen molar-refractivity contribution in [2.45, 2.75) is 42.2 Å². The summed E-state index contributed by atoms with van der Waals surface area (Å²) in [5.74, 6) is 0.740. The van der Waals surface area contributed by atoms with Gasteiger partial charge in [0.2, 0.25) is 0 Å². The van der Waals surface area contributed by atoms with Gasteiger partial charge in [-0.1, -0.05) is 67.0 Å². The number of hydrogen-bond donors (Lipinski definition) is 2. The second-order valence-corrected chi connectivity index (χ2v) is 9.41. The van der Waals surface area contributed by atoms with Crippen molar-refractivity contribution in [2.24, 2.45) is 0 Å². The second kappa shape index (κ2) is 8.98. The number of benzene rings is 2. The van der Waals surface area contributed by atoms with Gasteiger partial charge in [0, 0.05) is 32.9 Å². The Bertz CT molecular complexity index is 1170. The minimum atomic E-state index is -0.761. The van der Waals surface area contributed by atoms with Gasteiger partial charge in [-0.3, -0.25) is 4.98 Å². The largest absolute Gasteiger partial charge is 0.385 e. The topological polar surface area (TPSA) is 61.8 Å². The van der Waals surface area contributed by atoms with Crippen molar-refractivity contribution < 1.29 is 5.11 Å². The molecule has 0 aliphatic carbocycles. The van der Waals surface area contributed by atoms with Crippen LogP contribution in [-0.2, 0) is 6.42 Å². The summed E-state index contributed by atoms with van der Waals surface area (Å²) in [5, 5.41) is 14.0. The number of para-hydroxylation sites is 1. The monoisotopic (exact) mass is 457 g/mol. The van der Waals surface area contributed by atoms with Crippen LogP contribution in [0.2, 0.25) is 10.0 Å². The van der Waals surface area contributed by atoms with Gasteiger partial charge in [-0.15, -0.1) is 0 Å². The molecule has 0 spiro atoms. The van der Waals surface area contributed by atoms with Gasteiger partial charge >= 0.3 is 0 Å². The van der Waals surface area contributed by atoms with Gasteiger partial charge in [0.05, 0.1) is 11.2 Å². The van der Waals surface area contributed by atoms with Crippen LogP contribution >= 0.6 is 35.0 Å². The van der Waals surface area contributed by atoms with E-state index in [-0.39, 0.29) is 5.92 Å². The van der Waals surface area contributed by atoms with Gasteiger partial charge in [-0.05, 0) is 41.8 Å². The van der Waals surface area contributed by atoms with E-state index in [4.69, 9.17) is 28.2 Å². The Labute approximate surface area is 189 Å². The Hall–Kier alpha value is -2.05. The molecule has 0 aliphatic heterocycles. The Balaban J connectivity index is 1.59. The Kier molecular flexibility index (Phi) is 6.34. The van der Waals surface area contributed by atoms with E-state index in [9.17, 15) is 5.11 Å². The molecule has 2 heterocycles. The van der Waals surface area contributed by atoms with Gasteiger partial charge < -0.3 is 10.1 Å². The highest BCUT2D eigenvalue weighted by atomic mass is 35.5. The molecule has 4 aromatic rings. The lowest BCUT2D eigenvalue weighted by Crippen LogP contribution is -2.04. The maximum absolute atomic E-state index is 10.8. The van der Waals surface area contributed by atoms with Crippen LogP contribution in [0.15, 0.2) is 64.6 Å². The number of halogens is 2. The van der Waals surface area contributed by atoms with Crippen molar-refractivity contribution >= 4 is 45.9 Å². The number of nitrogens with zero attached hydrogens (tertiary/aromatic N) is 2. The summed E-state index contributed by atoms with van der Waals surface area (Å²) < 4.78 is 0. The Morgan fingerprint density at radius 3 is 2.53 bits per heavy atom. The average Bonchev–Trinajstić information content (AvgIpc) is 3.11. The molecule has 0 saturated carbocycles. The number of rotatable bonds is 6. The van der Waals surface area contributed by atoms with Gasteiger partial charge in [0.25, 0.3) is 0 Å². The Morgan fingerprint density at radius 2 is 1.80 bits per heavy atom. The first kappa shape index (κ1) is 21.2. The summed E-state index contributed by atoms with van der Waals surface area (Å²) in [5.41, 5.74) is 2.80. The zero-order chi connectivity index (χ0) is 21.3. The molecule has 4 rings (SSSR count). The van der Waals surface area contributed by atoms with Crippen LogP contribution in [-0.4, -0.2) is 20.1 Å². The zero-order valence-electron chi connectivity index (χ0n) is 16.6. The summed E-state index contributed by atoms with van der Waals surface area (Å²) >= 11 is 13.8. The standard InChI is InChI=1S/C23H21Cl2N3OS/c1-13(2)21-23(30-18-10-16(24)9-17(25)11-18)28-22(27-21)20(29)8-14-7-15-5-3-4-6-19(15)26-12-14/h3-7,9-13,20,29H,8H2,1-2H3,(H,27,28). The van der Waals surface area contributed by atoms with E-state index in [2.05, 4.69) is 29.9 Å². The summed E-state index contributed by atoms with van der Waals surface area (Å²) in [7, 11) is 0. The molecule has 7 heteroatoms. The summed E-state index contributed by atoms with van der Waals surface area (Å²) in [6.45, 7) is 4.16. The number of aromatic nitrogens is 3. The van der Waals surface area contributed by atoms with E-state index in [1.165, 1.54) is 11.8 Å². The number of aliphatic hydroxyl groups excluding tert-OH is 1. The van der Waals surface area contributed by atoms with Crippen LogP contribution < -0.4 is 0 Å². The van der Waals surface area contributed by atoms with Crippen LogP contribution in [0.3, 0.4) is 0 Å². The number of pyridine rings is 1. The van der Waals surface area contributed by atoms with Crippen molar-refractivity contribution in [2.75, 3.05) is 0 Å². The highest BCUT2D eigenvalue weighted by Crippen LogP contribution is 2.36. The lowest BCUT2D eigenvalue weighted by molar-refractivity contribution is 0.169. The molecule has 0 saturated heterocycles. The molecule has 2 aromatic carbocycles. The van der Waals surface area contributed by atoms with E-state index >= 15 is 0 Å². The average molecular weight is 458 g/mol. The molecule has 0 radical (unpaired) electrons. The van der Waals surface area contributed by atoms with E-state index in [1.54, 1.807) is 6.07 Å². The van der Waals surface area contributed by atoms with E-state index in [0.29, 0.717) is 22.3 Å². The van der Waals surface area contributed by atoms with Crippen LogP contribution in [0, 0.1) is 0 Å². The molecule has 2 N–H and O–H groups in total. The number of hydrogen-bond acceptors (Lipinski definition) is 4. The van der Waals surface area contributed by atoms with Gasteiger partial charge in [-0.2, -0.15) is 0 Å². The molecule has 0 bridgehead atoms. The highest BCUT2D eigenvalue weighted by molar-refractivity contribution is 7.99. The molecule has 1 unspecified atom stereocenters. The molecule has 1 atom stereocenters. The molecular weight excluding hydrogens is 437 g/mol. The zero-order valence-corrected chi connectivity index (χ0v) is 18.9. The molecule has 0 aliphatic rings. The minimum absolute atomic E-state index is 0.196. The predicted molar refractivity (Wildman–Crippen MR) is 124 cm³/mol. The summed E-state index contributed by atoms with van der Waals surface area (Å²) in [6, 6.07) is 15.4. The quantitative estimate of drug-likeness (QED) is 0.333. The lowest BCUT2D eigenvalue weighted by atomic mass is 10.1. The number of imidazole rings is 1. The predicted octanol–water partition coefficient (Wildman–Crippen LogP) is 6.82. The van der Waals surface area contributed by atoms with Gasteiger partial charge in [-0.25, -0.2) is 4.98 Å². The fraction of sp³-hybridized carbons (Fsp3) is 0.217. The lowest BCUT2D eigenvalue weighted by Gasteiger charge is -2.08. The fourth-order valence-electron chi connectivity index (χ4n) is 3.27. The molecule has 0 fully saturated rings. The number of nitrogens with one attached hydrogen (secondary N) is 1. The first-order valence-electron chi connectivity index (χ1n) is 9.64. The third-order valence-corrected chi connectivity index (χ3v) is 6.13. The third-order valence-electron chi connectivity index (χ3n) is 4.71. The summed E-state index contributed by atoms with van der Waals surface area (Å²) in [6.07, 6.45) is 1.47. The van der Waals surface area contributed by atoms with Crippen molar-refractivity contribution in [3.8, 4) is 0 Å². The number of fused-ring (bicyclic) bond motifs is 1. The minimum Gasteiger partial charge on any atom is -0.385 e. The summed E-state index contributed by atoms with van der Waals surface area (Å²) in [4.78, 5) is 13.4. The van der Waals surface area contributed by atoms with Crippen LogP contribution in [0.4, 0.5) is 0 Å². The number of H-pyrrole nitrogens is 1. The van der Waals surface area contributed by atoms with Crippen molar-refractivity contribution in [3.05, 3.63) is 81.9 Å². The maximum atomic E-state index is 10.8. The number of aliphatic hydroxyl groups is 1. The van der Waals surface area contributed by atoms with Crippen LogP contribution in [0.5, 0.6) is 0 Å². The fourth-order valence-corrected chi connectivity index (χ4v) is 5.07. The van der Waals surface area contributed by atoms with Gasteiger partial charge in [0.15, 0.2) is 0 Å². The van der Waals surface area contributed by atoms with Crippen LogP contribution in [0.1, 0.15) is 43.0 Å². The second-order valence-electron chi connectivity index (χ2n) is 7.45. The molecule has 0 amide bonds. The smallest absolute Gasteiger partial charge is 0.136 e. The van der Waals surface area contributed by atoms with Crippen LogP contribution in [0.25, 0.3) is 10.9 Å². The van der Waals surface area contributed by atoms with E-state index < -0.39 is 6.10 Å². The molecule has 30 heavy (non-hydrogen) atoms. The first-order valence-corrected chi connectivity index (χ1v) is 11.2. The molecule has 4 nitrogen and oxygen atoms in total. The van der Waals surface area contributed by atoms with Crippen molar-refractivity contribution in [3.63, 3.8) is 0 Å². The first-order chi connectivity index (χ1) is 14.4. The normalized spacial score (nSPS) is 12.6. The SMILES string of the molecule is CC(C)c1nc(C(O)Cc2cnc3ccccc3c2)[nH]c1Sc1cc(Cl)cc(Cl)c1. The van der Waals surface area contributed by atoms with Crippen molar-refractivity contribution in [1.82, 2.24) is 15.0 Å². The van der Waals surface area contributed by atoms with E-state index in [1.807, 2.05) is 42.6 Å². The third kappa shape index (κ3) is 4.81. The van der Waals surface area contributed by atoms with Gasteiger partial charge in [0.1, 0.15) is 17.0 Å². The molecular formula is C23H21Cl2N3OS. The highest BCUT2D eigenvalue weighted by Gasteiger charge is 2.20. The Morgan fingerprint density at radius 1 is 1.07 bits per heavy atom. The number of aromatic amines is 1. The van der Waals surface area contributed by atoms with Crippen molar-refractivity contribution in [1.29, 1.82) is 0 Å². The molecule has 154 valence electrons. The van der Waals surface area contributed by atoms with E-state index in [0.717, 1.165) is 32.1 Å². The molecule has 2 aromatic heterocycles.